The average molecular weight is 345 g/mol. The van der Waals surface area contributed by atoms with Crippen LogP contribution in [0.25, 0.3) is 0 Å². The van der Waals surface area contributed by atoms with E-state index in [9.17, 15) is 18.0 Å². The van der Waals surface area contributed by atoms with E-state index in [1.54, 1.807) is 39.0 Å². The summed E-state index contributed by atoms with van der Waals surface area (Å²) in [5, 5.41) is 0. The molecule has 6 heteroatoms. The number of halogens is 3. The van der Waals surface area contributed by atoms with E-state index < -0.39 is 29.7 Å². The fraction of sp³-hybridized carbons (Fsp3) is 0.611. The zero-order valence-electron chi connectivity index (χ0n) is 14.8. The minimum Gasteiger partial charge on any atom is -0.459 e. The Labute approximate surface area is 141 Å². The fourth-order valence-electron chi connectivity index (χ4n) is 2.37. The largest absolute Gasteiger partial charge is 0.459 e. The average Bonchev–Trinajstić information content (AvgIpc) is 2.34. The predicted molar refractivity (Wildman–Crippen MR) is 87.7 cm³/mol. The Bertz CT molecular complexity index is 576. The van der Waals surface area contributed by atoms with Crippen molar-refractivity contribution < 1.29 is 22.7 Å². The number of esters is 1. The van der Waals surface area contributed by atoms with Gasteiger partial charge < -0.3 is 10.5 Å². The predicted octanol–water partition coefficient (Wildman–Crippen LogP) is 4.34. The molecule has 0 fully saturated rings. The van der Waals surface area contributed by atoms with Gasteiger partial charge in [0.05, 0.1) is 6.42 Å². The summed E-state index contributed by atoms with van der Waals surface area (Å²) in [5.41, 5.74) is 4.40. The van der Waals surface area contributed by atoms with Crippen LogP contribution in [0.3, 0.4) is 0 Å². The smallest absolute Gasteiger partial charge is 0.391 e. The molecule has 1 atom stereocenters. The summed E-state index contributed by atoms with van der Waals surface area (Å²) < 4.78 is 44.0. The Morgan fingerprint density at radius 3 is 2.25 bits per heavy atom. The molecule has 0 saturated carbocycles. The van der Waals surface area contributed by atoms with Gasteiger partial charge in [-0.2, -0.15) is 13.2 Å². The van der Waals surface area contributed by atoms with E-state index in [4.69, 9.17) is 10.5 Å². The van der Waals surface area contributed by atoms with Crippen molar-refractivity contribution in [3.8, 4) is 0 Å². The lowest BCUT2D eigenvalue weighted by atomic mass is 9.86. The lowest BCUT2D eigenvalue weighted by Crippen LogP contribution is -2.55. The maximum absolute atomic E-state index is 13.0. The van der Waals surface area contributed by atoms with Crippen LogP contribution in [-0.4, -0.2) is 23.3 Å². The number of nitrogens with two attached hydrogens (primary N) is 1. The van der Waals surface area contributed by atoms with Crippen molar-refractivity contribution in [1.29, 1.82) is 0 Å². The third-order valence-electron chi connectivity index (χ3n) is 3.46. The molecular weight excluding hydrogens is 319 g/mol. The molecule has 0 heterocycles. The number of hydrogen-bond acceptors (Lipinski definition) is 3. The molecule has 0 aliphatic heterocycles. The second-order valence-corrected chi connectivity index (χ2v) is 7.53. The number of alkyl halides is 3. The van der Waals surface area contributed by atoms with E-state index in [1.807, 2.05) is 19.9 Å². The molecule has 3 nitrogen and oxygen atoms in total. The molecule has 0 aliphatic carbocycles. The van der Waals surface area contributed by atoms with E-state index >= 15 is 0 Å². The van der Waals surface area contributed by atoms with Crippen molar-refractivity contribution in [2.45, 2.75) is 70.7 Å². The zero-order valence-corrected chi connectivity index (χ0v) is 14.8. The topological polar surface area (TPSA) is 52.3 Å². The molecule has 0 unspecified atom stereocenters. The molecule has 0 saturated heterocycles. The van der Waals surface area contributed by atoms with Crippen molar-refractivity contribution in [2.75, 3.05) is 0 Å². The second-order valence-electron chi connectivity index (χ2n) is 7.53. The molecule has 0 aliphatic rings. The van der Waals surface area contributed by atoms with Crippen LogP contribution in [-0.2, 0) is 16.0 Å². The Morgan fingerprint density at radius 1 is 1.21 bits per heavy atom. The molecule has 1 aromatic carbocycles. The summed E-state index contributed by atoms with van der Waals surface area (Å²) in [6.07, 6.45) is -6.23. The van der Waals surface area contributed by atoms with E-state index in [-0.39, 0.29) is 12.3 Å². The third kappa shape index (κ3) is 6.51. The first-order valence-corrected chi connectivity index (χ1v) is 7.90. The first kappa shape index (κ1) is 20.5. The first-order valence-electron chi connectivity index (χ1n) is 7.90. The lowest BCUT2D eigenvalue weighted by Gasteiger charge is -2.32. The van der Waals surface area contributed by atoms with Gasteiger partial charge >= 0.3 is 12.1 Å². The van der Waals surface area contributed by atoms with Crippen LogP contribution in [0.1, 0.15) is 58.1 Å². The monoisotopic (exact) mass is 345 g/mol. The summed E-state index contributed by atoms with van der Waals surface area (Å²) in [6.45, 7) is 8.76. The van der Waals surface area contributed by atoms with Crippen LogP contribution in [0, 0.1) is 0 Å². The molecule has 1 rings (SSSR count). The van der Waals surface area contributed by atoms with Crippen LogP contribution in [0.2, 0.25) is 0 Å². The van der Waals surface area contributed by atoms with Crippen molar-refractivity contribution >= 4 is 5.97 Å². The molecule has 0 bridgehead atoms. The van der Waals surface area contributed by atoms with Crippen molar-refractivity contribution in [2.24, 2.45) is 5.73 Å². The SMILES string of the molecule is CC(C)c1cccc(C[C@@](N)(CC(F)(F)F)C(=O)OC(C)(C)C)c1. The van der Waals surface area contributed by atoms with Gasteiger partial charge in [0.25, 0.3) is 0 Å². The van der Waals surface area contributed by atoms with Gasteiger partial charge in [-0.25, -0.2) is 0 Å². The van der Waals surface area contributed by atoms with Crippen molar-refractivity contribution in [3.05, 3.63) is 35.4 Å². The van der Waals surface area contributed by atoms with E-state index in [1.165, 1.54) is 0 Å². The summed E-state index contributed by atoms with van der Waals surface area (Å²) in [4.78, 5) is 12.3. The minimum atomic E-state index is -4.57. The molecule has 0 radical (unpaired) electrons. The maximum atomic E-state index is 13.0. The molecule has 0 spiro atoms. The second kappa shape index (κ2) is 7.13. The lowest BCUT2D eigenvalue weighted by molar-refractivity contribution is -0.179. The Kier molecular flexibility index (Phi) is 6.09. The van der Waals surface area contributed by atoms with Gasteiger partial charge in [-0.1, -0.05) is 38.1 Å². The van der Waals surface area contributed by atoms with Gasteiger partial charge in [0, 0.05) is 6.42 Å². The number of rotatable bonds is 5. The fourth-order valence-corrected chi connectivity index (χ4v) is 2.37. The van der Waals surface area contributed by atoms with Crippen LogP contribution in [0.4, 0.5) is 13.2 Å². The minimum absolute atomic E-state index is 0.223. The third-order valence-corrected chi connectivity index (χ3v) is 3.46. The van der Waals surface area contributed by atoms with E-state index in [0.717, 1.165) is 5.56 Å². The zero-order chi connectivity index (χ0) is 18.8. The summed E-state index contributed by atoms with van der Waals surface area (Å²) in [5.74, 6) is -0.816. The van der Waals surface area contributed by atoms with Crippen LogP contribution >= 0.6 is 0 Å². The quantitative estimate of drug-likeness (QED) is 0.808. The van der Waals surface area contributed by atoms with Gasteiger partial charge in [-0.05, 0) is 37.8 Å². The van der Waals surface area contributed by atoms with Gasteiger partial charge in [-0.15, -0.1) is 0 Å². The first-order chi connectivity index (χ1) is 10.7. The number of carbonyl (C=O) groups is 1. The van der Waals surface area contributed by atoms with Crippen molar-refractivity contribution in [1.82, 2.24) is 0 Å². The highest BCUT2D eigenvalue weighted by molar-refractivity contribution is 5.81. The van der Waals surface area contributed by atoms with Gasteiger partial charge in [0.15, 0.2) is 0 Å². The standard InChI is InChI=1S/C18H26F3NO2/c1-12(2)14-8-6-7-13(9-14)10-17(22,11-18(19,20)21)15(23)24-16(3,4)5/h6-9,12H,10-11,22H2,1-5H3/t17-/m1/s1. The summed E-state index contributed by atoms with van der Waals surface area (Å²) in [6, 6.07) is 7.11. The summed E-state index contributed by atoms with van der Waals surface area (Å²) in [7, 11) is 0. The van der Waals surface area contributed by atoms with Gasteiger partial charge in [0.1, 0.15) is 11.1 Å². The number of carbonyl (C=O) groups excluding carboxylic acids is 1. The highest BCUT2D eigenvalue weighted by Crippen LogP contribution is 2.31. The van der Waals surface area contributed by atoms with E-state index in [0.29, 0.717) is 5.56 Å². The van der Waals surface area contributed by atoms with E-state index in [2.05, 4.69) is 0 Å². The molecule has 136 valence electrons. The van der Waals surface area contributed by atoms with Crippen LogP contribution < -0.4 is 5.73 Å². The highest BCUT2D eigenvalue weighted by atomic mass is 19.4. The van der Waals surface area contributed by atoms with Crippen LogP contribution in [0.15, 0.2) is 24.3 Å². The molecule has 2 N–H and O–H groups in total. The normalized spacial score (nSPS) is 15.2. The molecule has 0 aromatic heterocycles. The number of hydrogen-bond donors (Lipinski definition) is 1. The molecule has 0 amide bonds. The summed E-state index contributed by atoms with van der Waals surface area (Å²) >= 11 is 0. The molecule has 24 heavy (non-hydrogen) atoms. The van der Waals surface area contributed by atoms with Crippen LogP contribution in [0.5, 0.6) is 0 Å². The number of benzene rings is 1. The Balaban J connectivity index is 3.14. The Morgan fingerprint density at radius 2 is 1.79 bits per heavy atom. The Hall–Kier alpha value is -1.56. The molecule has 1 aromatic rings. The van der Waals surface area contributed by atoms with Gasteiger partial charge in [-0.3, -0.25) is 4.79 Å². The number of ether oxygens (including phenoxy) is 1. The van der Waals surface area contributed by atoms with Crippen molar-refractivity contribution in [3.63, 3.8) is 0 Å². The van der Waals surface area contributed by atoms with Gasteiger partial charge in [0.2, 0.25) is 0 Å². The maximum Gasteiger partial charge on any atom is 0.391 e. The highest BCUT2D eigenvalue weighted by Gasteiger charge is 2.47. The molecular formula is C18H26F3NO2.